The minimum Gasteiger partial charge on any atom is -0.354 e. The van der Waals surface area contributed by atoms with Crippen molar-refractivity contribution in [2.75, 3.05) is 29.4 Å². The number of amides is 1. The number of carbonyl (C=O) groups excluding carboxylic acids is 1. The fourth-order valence-corrected chi connectivity index (χ4v) is 4.34. The second-order valence-corrected chi connectivity index (χ2v) is 9.67. The maximum atomic E-state index is 13.3. The summed E-state index contributed by atoms with van der Waals surface area (Å²) in [6, 6.07) is 9.75. The Kier molecular flexibility index (Phi) is 8.73. The Balaban J connectivity index is 1.78. The quantitative estimate of drug-likeness (QED) is 0.545. The molecule has 0 aliphatic rings. The lowest BCUT2D eigenvalue weighted by molar-refractivity contribution is -0.119. The van der Waals surface area contributed by atoms with Crippen molar-refractivity contribution in [3.63, 3.8) is 0 Å². The fraction of sp³-hybridized carbons (Fsp3) is 0.316. The summed E-state index contributed by atoms with van der Waals surface area (Å²) in [4.78, 5) is 12.1. The first-order valence-corrected chi connectivity index (χ1v) is 12.1. The van der Waals surface area contributed by atoms with Crippen LogP contribution in [-0.4, -0.2) is 39.4 Å². The van der Waals surface area contributed by atoms with Crippen LogP contribution in [0.3, 0.4) is 0 Å². The lowest BCUT2D eigenvalue weighted by Gasteiger charge is -2.22. The van der Waals surface area contributed by atoms with Crippen LogP contribution in [0.25, 0.3) is 0 Å². The van der Waals surface area contributed by atoms with Gasteiger partial charge in [-0.3, -0.25) is 9.10 Å². The van der Waals surface area contributed by atoms with Gasteiger partial charge in [-0.15, -0.1) is 0 Å². The normalized spacial score (nSPS) is 11.3. The maximum absolute atomic E-state index is 13.3. The van der Waals surface area contributed by atoms with Gasteiger partial charge >= 0.3 is 0 Å². The van der Waals surface area contributed by atoms with Crippen molar-refractivity contribution >= 4 is 45.0 Å². The van der Waals surface area contributed by atoms with Crippen LogP contribution in [0, 0.1) is 11.6 Å². The molecule has 0 atom stereocenters. The molecule has 0 heterocycles. The SMILES string of the molecule is CS(=O)(=O)N(CC(=O)NCCCSCc1ccc(F)cc1)c1ccc(F)c(Cl)c1. The first-order chi connectivity index (χ1) is 13.7. The molecule has 10 heteroatoms. The number of nitrogens with one attached hydrogen (secondary N) is 1. The zero-order chi connectivity index (χ0) is 21.4. The summed E-state index contributed by atoms with van der Waals surface area (Å²) in [6.07, 6.45) is 1.66. The third kappa shape index (κ3) is 7.83. The molecule has 0 aromatic heterocycles. The van der Waals surface area contributed by atoms with Crippen molar-refractivity contribution in [1.29, 1.82) is 0 Å². The Bertz CT molecular complexity index is 941. The van der Waals surface area contributed by atoms with E-state index in [4.69, 9.17) is 11.6 Å². The molecule has 0 saturated carbocycles. The lowest BCUT2D eigenvalue weighted by Crippen LogP contribution is -2.40. The van der Waals surface area contributed by atoms with E-state index in [9.17, 15) is 22.0 Å². The Morgan fingerprint density at radius 3 is 2.48 bits per heavy atom. The van der Waals surface area contributed by atoms with Crippen LogP contribution in [0.4, 0.5) is 14.5 Å². The molecule has 0 aliphatic heterocycles. The molecule has 0 fully saturated rings. The third-order valence-corrected chi connectivity index (χ3v) is 6.39. The van der Waals surface area contributed by atoms with Crippen LogP contribution in [0.5, 0.6) is 0 Å². The number of rotatable bonds is 10. The number of thioether (sulfide) groups is 1. The van der Waals surface area contributed by atoms with Crippen molar-refractivity contribution in [3.05, 3.63) is 64.7 Å². The Hall–Kier alpha value is -1.84. The van der Waals surface area contributed by atoms with Gasteiger partial charge in [0.05, 0.1) is 17.0 Å². The molecule has 0 unspecified atom stereocenters. The van der Waals surface area contributed by atoms with Gasteiger partial charge in [-0.25, -0.2) is 17.2 Å². The smallest absolute Gasteiger partial charge is 0.240 e. The molecular formula is C19H21ClF2N2O3S2. The predicted octanol–water partition coefficient (Wildman–Crippen LogP) is 3.82. The Morgan fingerprint density at radius 2 is 1.86 bits per heavy atom. The van der Waals surface area contributed by atoms with E-state index in [1.165, 1.54) is 18.2 Å². The second kappa shape index (κ2) is 10.8. The van der Waals surface area contributed by atoms with E-state index in [1.54, 1.807) is 23.9 Å². The molecule has 5 nitrogen and oxygen atoms in total. The van der Waals surface area contributed by atoms with Gasteiger partial charge in [-0.1, -0.05) is 23.7 Å². The molecule has 1 amide bonds. The van der Waals surface area contributed by atoms with Gasteiger partial charge in [-0.05, 0) is 48.1 Å². The topological polar surface area (TPSA) is 66.5 Å². The van der Waals surface area contributed by atoms with Gasteiger partial charge in [0.25, 0.3) is 0 Å². The number of sulfonamides is 1. The van der Waals surface area contributed by atoms with Gasteiger partial charge < -0.3 is 5.32 Å². The molecule has 2 rings (SSSR count). The standard InChI is InChI=1S/C19H21ClF2N2O3S2/c1-29(26,27)24(16-7-8-18(22)17(20)11-16)12-19(25)23-9-2-10-28-13-14-3-5-15(21)6-4-14/h3-8,11H,2,9-10,12-13H2,1H3,(H,23,25). The van der Waals surface area contributed by atoms with Crippen molar-refractivity contribution in [2.45, 2.75) is 12.2 Å². The van der Waals surface area contributed by atoms with Crippen molar-refractivity contribution in [3.8, 4) is 0 Å². The van der Waals surface area contributed by atoms with E-state index in [-0.39, 0.29) is 16.5 Å². The van der Waals surface area contributed by atoms with E-state index < -0.39 is 28.3 Å². The van der Waals surface area contributed by atoms with E-state index >= 15 is 0 Å². The second-order valence-electron chi connectivity index (χ2n) is 6.25. The predicted molar refractivity (Wildman–Crippen MR) is 114 cm³/mol. The van der Waals surface area contributed by atoms with Gasteiger partial charge in [0, 0.05) is 12.3 Å². The van der Waals surface area contributed by atoms with Crippen LogP contribution < -0.4 is 9.62 Å². The molecule has 0 saturated heterocycles. The Labute approximate surface area is 178 Å². The summed E-state index contributed by atoms with van der Waals surface area (Å²) in [5, 5.41) is 2.45. The van der Waals surface area contributed by atoms with Gasteiger partial charge in [0.1, 0.15) is 18.2 Å². The molecular weight excluding hydrogens is 442 g/mol. The van der Waals surface area contributed by atoms with E-state index in [0.29, 0.717) is 13.0 Å². The van der Waals surface area contributed by atoms with Crippen molar-refractivity contribution < 1.29 is 22.0 Å². The lowest BCUT2D eigenvalue weighted by atomic mass is 10.2. The van der Waals surface area contributed by atoms with Gasteiger partial charge in [0.15, 0.2) is 0 Å². The first kappa shape index (κ1) is 23.4. The maximum Gasteiger partial charge on any atom is 0.240 e. The molecule has 0 radical (unpaired) electrons. The summed E-state index contributed by atoms with van der Waals surface area (Å²) in [5.74, 6) is 0.0981. The Morgan fingerprint density at radius 1 is 1.17 bits per heavy atom. The molecule has 2 aromatic carbocycles. The fourth-order valence-electron chi connectivity index (χ4n) is 2.40. The summed E-state index contributed by atoms with van der Waals surface area (Å²) >= 11 is 7.36. The highest BCUT2D eigenvalue weighted by atomic mass is 35.5. The number of benzene rings is 2. The highest BCUT2D eigenvalue weighted by Crippen LogP contribution is 2.24. The van der Waals surface area contributed by atoms with Crippen LogP contribution >= 0.6 is 23.4 Å². The average molecular weight is 463 g/mol. The number of carbonyl (C=O) groups is 1. The number of halogens is 3. The summed E-state index contributed by atoms with van der Waals surface area (Å²) < 4.78 is 51.1. The van der Waals surface area contributed by atoms with Crippen molar-refractivity contribution in [2.24, 2.45) is 0 Å². The molecule has 1 N–H and O–H groups in total. The van der Waals surface area contributed by atoms with Crippen LogP contribution in [-0.2, 0) is 20.6 Å². The summed E-state index contributed by atoms with van der Waals surface area (Å²) in [7, 11) is -3.75. The molecule has 2 aromatic rings. The number of anilines is 1. The highest BCUT2D eigenvalue weighted by Gasteiger charge is 2.21. The van der Waals surface area contributed by atoms with Crippen molar-refractivity contribution in [1.82, 2.24) is 5.32 Å². The summed E-state index contributed by atoms with van der Waals surface area (Å²) in [6.45, 7) is -0.0411. The summed E-state index contributed by atoms with van der Waals surface area (Å²) in [5.41, 5.74) is 1.13. The minimum absolute atomic E-state index is 0.115. The van der Waals surface area contributed by atoms with Crippen LogP contribution in [0.1, 0.15) is 12.0 Å². The number of hydrogen-bond donors (Lipinski definition) is 1. The van der Waals surface area contributed by atoms with Gasteiger partial charge in [0.2, 0.25) is 15.9 Å². The zero-order valence-electron chi connectivity index (χ0n) is 15.7. The molecule has 29 heavy (non-hydrogen) atoms. The number of hydrogen-bond acceptors (Lipinski definition) is 4. The highest BCUT2D eigenvalue weighted by molar-refractivity contribution is 7.98. The van der Waals surface area contributed by atoms with E-state index in [1.807, 2.05) is 0 Å². The number of nitrogens with zero attached hydrogens (tertiary/aromatic N) is 1. The van der Waals surface area contributed by atoms with E-state index in [0.717, 1.165) is 39.8 Å². The van der Waals surface area contributed by atoms with Gasteiger partial charge in [-0.2, -0.15) is 11.8 Å². The molecule has 0 bridgehead atoms. The molecule has 0 spiro atoms. The van der Waals surface area contributed by atoms with Crippen LogP contribution in [0.15, 0.2) is 42.5 Å². The van der Waals surface area contributed by atoms with E-state index in [2.05, 4.69) is 5.32 Å². The zero-order valence-corrected chi connectivity index (χ0v) is 18.1. The minimum atomic E-state index is -3.75. The largest absolute Gasteiger partial charge is 0.354 e. The average Bonchev–Trinajstić information content (AvgIpc) is 2.65. The van der Waals surface area contributed by atoms with Crippen LogP contribution in [0.2, 0.25) is 5.02 Å². The third-order valence-electron chi connectivity index (χ3n) is 3.85. The monoisotopic (exact) mass is 462 g/mol. The molecule has 158 valence electrons. The first-order valence-electron chi connectivity index (χ1n) is 8.68. The molecule has 0 aliphatic carbocycles.